The molecule has 2 aromatic heterocycles. The van der Waals surface area contributed by atoms with Crippen LogP contribution in [0.5, 0.6) is 0 Å². The number of carbonyl (C=O) groups is 1. The maximum Gasteiger partial charge on any atom is 0.263 e. The van der Waals surface area contributed by atoms with Crippen LogP contribution in [-0.4, -0.2) is 52.9 Å². The first-order valence-electron chi connectivity index (χ1n) is 8.74. The van der Waals surface area contributed by atoms with Gasteiger partial charge in [-0.05, 0) is 39.7 Å². The van der Waals surface area contributed by atoms with E-state index in [1.54, 1.807) is 23.6 Å². The number of amides is 1. The van der Waals surface area contributed by atoms with E-state index in [2.05, 4.69) is 0 Å². The lowest BCUT2D eigenvalue weighted by molar-refractivity contribution is -0.127. The molecule has 6 nitrogen and oxygen atoms in total. The van der Waals surface area contributed by atoms with Gasteiger partial charge >= 0.3 is 0 Å². The minimum absolute atomic E-state index is 0.00347. The van der Waals surface area contributed by atoms with Gasteiger partial charge in [-0.1, -0.05) is 11.8 Å². The Bertz CT molecular complexity index is 842. The second-order valence-corrected chi connectivity index (χ2v) is 8.87. The van der Waals surface area contributed by atoms with Crippen LogP contribution in [0.2, 0.25) is 0 Å². The highest BCUT2D eigenvalue weighted by Crippen LogP contribution is 2.30. The van der Waals surface area contributed by atoms with Crippen molar-refractivity contribution in [3.05, 3.63) is 20.8 Å². The minimum Gasteiger partial charge on any atom is -0.382 e. The molecular formula is C18H27N3O3S2. The van der Waals surface area contributed by atoms with Crippen molar-refractivity contribution in [2.75, 3.05) is 27.3 Å². The van der Waals surface area contributed by atoms with E-state index in [1.807, 2.05) is 27.7 Å². The average molecular weight is 398 g/mol. The number of fused-ring (bicyclic) bond motifs is 1. The number of thioether (sulfide) groups is 1. The van der Waals surface area contributed by atoms with E-state index in [-0.39, 0.29) is 16.7 Å². The standard InChI is InChI=1S/C18H27N3O3S2/c1-7-24-10-8-9-21-17(23)14-11(2)12(3)25-15(14)19-18(21)26-13(4)16(22)20(5)6/h13H,7-10H2,1-6H3/t13-/m1/s1. The summed E-state index contributed by atoms with van der Waals surface area (Å²) < 4.78 is 7.10. The van der Waals surface area contributed by atoms with Gasteiger partial charge in [-0.15, -0.1) is 11.3 Å². The Labute approximate surface area is 162 Å². The van der Waals surface area contributed by atoms with Crippen molar-refractivity contribution in [3.63, 3.8) is 0 Å². The Kier molecular flexibility index (Phi) is 7.25. The molecule has 26 heavy (non-hydrogen) atoms. The molecule has 0 radical (unpaired) electrons. The first kappa shape index (κ1) is 20.9. The molecule has 1 atom stereocenters. The molecule has 2 heterocycles. The van der Waals surface area contributed by atoms with Gasteiger partial charge in [-0.3, -0.25) is 14.2 Å². The van der Waals surface area contributed by atoms with Gasteiger partial charge in [0.25, 0.3) is 5.56 Å². The molecular weight excluding hydrogens is 370 g/mol. The zero-order valence-electron chi connectivity index (χ0n) is 16.3. The highest BCUT2D eigenvalue weighted by molar-refractivity contribution is 8.00. The maximum atomic E-state index is 13.1. The summed E-state index contributed by atoms with van der Waals surface area (Å²) in [6, 6.07) is 0. The van der Waals surface area contributed by atoms with Crippen molar-refractivity contribution in [3.8, 4) is 0 Å². The van der Waals surface area contributed by atoms with Gasteiger partial charge in [-0.2, -0.15) is 0 Å². The van der Waals surface area contributed by atoms with Crippen LogP contribution in [0.25, 0.3) is 10.2 Å². The number of carbonyl (C=O) groups excluding carboxylic acids is 1. The lowest BCUT2D eigenvalue weighted by Crippen LogP contribution is -2.31. The Hall–Kier alpha value is -1.38. The Balaban J connectivity index is 2.44. The molecule has 0 fully saturated rings. The number of ether oxygens (including phenoxy) is 1. The van der Waals surface area contributed by atoms with E-state index in [0.29, 0.717) is 30.3 Å². The monoisotopic (exact) mass is 397 g/mol. The van der Waals surface area contributed by atoms with E-state index in [1.165, 1.54) is 23.1 Å². The van der Waals surface area contributed by atoms with Crippen molar-refractivity contribution in [1.29, 1.82) is 0 Å². The summed E-state index contributed by atoms with van der Waals surface area (Å²) in [6.45, 7) is 9.55. The lowest BCUT2D eigenvalue weighted by Gasteiger charge is -2.18. The molecule has 1 amide bonds. The molecule has 0 N–H and O–H groups in total. The predicted molar refractivity (Wildman–Crippen MR) is 108 cm³/mol. The summed E-state index contributed by atoms with van der Waals surface area (Å²) in [5, 5.41) is 0.984. The zero-order chi connectivity index (χ0) is 19.4. The molecule has 0 spiro atoms. The van der Waals surface area contributed by atoms with E-state index in [0.717, 1.165) is 21.7 Å². The van der Waals surface area contributed by atoms with Gasteiger partial charge in [0.1, 0.15) is 4.83 Å². The number of aryl methyl sites for hydroxylation is 2. The van der Waals surface area contributed by atoms with Gasteiger partial charge in [0.05, 0.1) is 10.6 Å². The molecule has 0 saturated heterocycles. The first-order valence-corrected chi connectivity index (χ1v) is 10.4. The molecule has 0 saturated carbocycles. The fourth-order valence-corrected chi connectivity index (χ4v) is 4.79. The third-order valence-corrected chi connectivity index (χ3v) is 6.38. The summed E-state index contributed by atoms with van der Waals surface area (Å²) >= 11 is 2.87. The third kappa shape index (κ3) is 4.47. The van der Waals surface area contributed by atoms with Crippen LogP contribution >= 0.6 is 23.1 Å². The van der Waals surface area contributed by atoms with Gasteiger partial charge in [0.2, 0.25) is 5.91 Å². The quantitative estimate of drug-likeness (QED) is 0.389. The molecule has 0 aliphatic heterocycles. The van der Waals surface area contributed by atoms with Crippen LogP contribution in [0.3, 0.4) is 0 Å². The molecule has 0 aliphatic carbocycles. The molecule has 0 aromatic carbocycles. The van der Waals surface area contributed by atoms with E-state index in [4.69, 9.17) is 9.72 Å². The molecule has 144 valence electrons. The summed E-state index contributed by atoms with van der Waals surface area (Å²) in [4.78, 5) is 33.5. The maximum absolute atomic E-state index is 13.1. The number of hydrogen-bond donors (Lipinski definition) is 0. The number of hydrogen-bond acceptors (Lipinski definition) is 6. The summed E-state index contributed by atoms with van der Waals surface area (Å²) in [7, 11) is 3.47. The second kappa shape index (κ2) is 9.01. The lowest BCUT2D eigenvalue weighted by atomic mass is 10.2. The third-order valence-electron chi connectivity index (χ3n) is 4.20. The largest absolute Gasteiger partial charge is 0.382 e. The number of nitrogens with zero attached hydrogens (tertiary/aromatic N) is 3. The van der Waals surface area contributed by atoms with E-state index in [9.17, 15) is 9.59 Å². The predicted octanol–water partition coefficient (Wildman–Crippen LogP) is 3.07. The fourth-order valence-electron chi connectivity index (χ4n) is 2.64. The molecule has 8 heteroatoms. The fraction of sp³-hybridized carbons (Fsp3) is 0.611. The van der Waals surface area contributed by atoms with Crippen molar-refractivity contribution in [2.45, 2.75) is 51.1 Å². The number of rotatable bonds is 8. The summed E-state index contributed by atoms with van der Waals surface area (Å²) in [5.41, 5.74) is 0.968. The smallest absolute Gasteiger partial charge is 0.263 e. The van der Waals surface area contributed by atoms with Crippen molar-refractivity contribution in [2.24, 2.45) is 0 Å². The van der Waals surface area contributed by atoms with Gasteiger partial charge in [-0.25, -0.2) is 4.98 Å². The molecule has 2 rings (SSSR count). The van der Waals surface area contributed by atoms with Gasteiger partial charge < -0.3 is 9.64 Å². The zero-order valence-corrected chi connectivity index (χ0v) is 17.9. The van der Waals surface area contributed by atoms with Gasteiger partial charge in [0, 0.05) is 38.7 Å². The topological polar surface area (TPSA) is 64.4 Å². The SMILES string of the molecule is CCOCCCn1c(S[C@H](C)C(=O)N(C)C)nc2sc(C)c(C)c2c1=O. The van der Waals surface area contributed by atoms with Crippen LogP contribution in [0, 0.1) is 13.8 Å². The Morgan fingerprint density at radius 2 is 2.08 bits per heavy atom. The molecule has 2 aromatic rings. The van der Waals surface area contributed by atoms with Crippen molar-refractivity contribution < 1.29 is 9.53 Å². The Morgan fingerprint density at radius 1 is 1.38 bits per heavy atom. The highest BCUT2D eigenvalue weighted by Gasteiger charge is 2.22. The van der Waals surface area contributed by atoms with Crippen LogP contribution in [0.4, 0.5) is 0 Å². The van der Waals surface area contributed by atoms with Crippen molar-refractivity contribution >= 4 is 39.2 Å². The van der Waals surface area contributed by atoms with Crippen LogP contribution in [0.1, 0.15) is 30.7 Å². The van der Waals surface area contributed by atoms with E-state index >= 15 is 0 Å². The van der Waals surface area contributed by atoms with Crippen LogP contribution < -0.4 is 5.56 Å². The molecule has 0 aliphatic rings. The second-order valence-electron chi connectivity index (χ2n) is 6.36. The number of thiophene rings is 1. The Morgan fingerprint density at radius 3 is 2.69 bits per heavy atom. The first-order chi connectivity index (χ1) is 12.3. The normalized spacial score (nSPS) is 12.5. The van der Waals surface area contributed by atoms with Crippen LogP contribution in [-0.2, 0) is 16.1 Å². The number of aromatic nitrogens is 2. The summed E-state index contributed by atoms with van der Waals surface area (Å²) in [6.07, 6.45) is 0.729. The minimum atomic E-state index is -0.311. The van der Waals surface area contributed by atoms with Crippen molar-refractivity contribution in [1.82, 2.24) is 14.5 Å². The molecule has 0 unspecified atom stereocenters. The van der Waals surface area contributed by atoms with Gasteiger partial charge in [0.15, 0.2) is 5.16 Å². The van der Waals surface area contributed by atoms with E-state index < -0.39 is 0 Å². The highest BCUT2D eigenvalue weighted by atomic mass is 32.2. The average Bonchev–Trinajstić information content (AvgIpc) is 2.87. The van der Waals surface area contributed by atoms with Crippen LogP contribution in [0.15, 0.2) is 9.95 Å². The molecule has 0 bridgehead atoms. The summed E-state index contributed by atoms with van der Waals surface area (Å²) in [5.74, 6) is 0.00347.